The highest BCUT2D eigenvalue weighted by Gasteiger charge is 2.26. The van der Waals surface area contributed by atoms with Crippen LogP contribution in [0.1, 0.15) is 23.2 Å². The minimum atomic E-state index is -0.557. The SMILES string of the molecule is O=C(c1ccc(OCC2CC2)c2oc3ccccc3c12)N(O)c1cccnc1. The molecule has 2 aromatic heterocycles. The van der Waals surface area contributed by atoms with Gasteiger partial charge in [-0.05, 0) is 49.1 Å². The Hall–Kier alpha value is -3.38. The number of rotatable bonds is 5. The lowest BCUT2D eigenvalue weighted by atomic mass is 10.0. The molecule has 0 radical (unpaired) electrons. The molecule has 2 aromatic carbocycles. The number of hydroxylamine groups is 1. The summed E-state index contributed by atoms with van der Waals surface area (Å²) in [6.45, 7) is 0.640. The Kier molecular flexibility index (Phi) is 3.98. The molecule has 0 bridgehead atoms. The number of hydrogen-bond acceptors (Lipinski definition) is 5. The molecule has 140 valence electrons. The van der Waals surface area contributed by atoms with Crippen molar-refractivity contribution in [3.05, 3.63) is 66.5 Å². The van der Waals surface area contributed by atoms with Crippen molar-refractivity contribution >= 4 is 33.5 Å². The largest absolute Gasteiger partial charge is 0.489 e. The number of pyridine rings is 1. The first kappa shape index (κ1) is 16.8. The van der Waals surface area contributed by atoms with Crippen LogP contribution in [0.4, 0.5) is 5.69 Å². The summed E-state index contributed by atoms with van der Waals surface area (Å²) >= 11 is 0. The standard InChI is InChI=1S/C22H18N2O4/c25-22(24(26)15-4-3-11-23-12-15)17-9-10-19(27-13-14-7-8-14)21-20(17)16-5-1-2-6-18(16)28-21/h1-6,9-12,14,26H,7-8,13H2. The van der Waals surface area contributed by atoms with E-state index in [0.717, 1.165) is 5.39 Å². The summed E-state index contributed by atoms with van der Waals surface area (Å²) in [5.74, 6) is 0.651. The van der Waals surface area contributed by atoms with Crippen LogP contribution in [0.5, 0.6) is 5.75 Å². The van der Waals surface area contributed by atoms with E-state index in [0.29, 0.717) is 51.1 Å². The monoisotopic (exact) mass is 374 g/mol. The fourth-order valence-corrected chi connectivity index (χ4v) is 3.30. The first-order valence-corrected chi connectivity index (χ1v) is 9.23. The Morgan fingerprint density at radius 3 is 2.82 bits per heavy atom. The van der Waals surface area contributed by atoms with Crippen molar-refractivity contribution in [2.45, 2.75) is 12.8 Å². The van der Waals surface area contributed by atoms with Crippen molar-refractivity contribution in [1.29, 1.82) is 0 Å². The number of furan rings is 1. The minimum Gasteiger partial charge on any atom is -0.489 e. The van der Waals surface area contributed by atoms with E-state index in [4.69, 9.17) is 9.15 Å². The maximum Gasteiger partial charge on any atom is 0.282 e. The zero-order valence-electron chi connectivity index (χ0n) is 15.0. The lowest BCUT2D eigenvalue weighted by Crippen LogP contribution is -2.27. The van der Waals surface area contributed by atoms with Gasteiger partial charge in [-0.2, -0.15) is 5.06 Å². The van der Waals surface area contributed by atoms with E-state index in [1.165, 1.54) is 19.0 Å². The Morgan fingerprint density at radius 1 is 1.18 bits per heavy atom. The van der Waals surface area contributed by atoms with Crippen molar-refractivity contribution in [3.63, 3.8) is 0 Å². The summed E-state index contributed by atoms with van der Waals surface area (Å²) in [4.78, 5) is 17.0. The van der Waals surface area contributed by atoms with Crippen molar-refractivity contribution in [2.24, 2.45) is 5.92 Å². The summed E-state index contributed by atoms with van der Waals surface area (Å²) in [5, 5.41) is 12.5. The van der Waals surface area contributed by atoms with Crippen LogP contribution in [-0.2, 0) is 0 Å². The summed E-state index contributed by atoms with van der Waals surface area (Å²) in [6, 6.07) is 14.2. The zero-order chi connectivity index (χ0) is 19.1. The predicted octanol–water partition coefficient (Wildman–Crippen LogP) is 4.81. The summed E-state index contributed by atoms with van der Waals surface area (Å²) in [7, 11) is 0. The summed E-state index contributed by atoms with van der Waals surface area (Å²) in [6.07, 6.45) is 5.38. The second-order valence-corrected chi connectivity index (χ2v) is 7.00. The number of benzene rings is 2. The fourth-order valence-electron chi connectivity index (χ4n) is 3.30. The average molecular weight is 374 g/mol. The van der Waals surface area contributed by atoms with Gasteiger partial charge in [-0.1, -0.05) is 18.2 Å². The van der Waals surface area contributed by atoms with Crippen LogP contribution in [0.2, 0.25) is 0 Å². The maximum absolute atomic E-state index is 13.1. The molecule has 1 fully saturated rings. The molecule has 0 unspecified atom stereocenters. The molecular weight excluding hydrogens is 356 g/mol. The lowest BCUT2D eigenvalue weighted by molar-refractivity contribution is 0.0856. The molecule has 28 heavy (non-hydrogen) atoms. The molecule has 6 heteroatoms. The van der Waals surface area contributed by atoms with Crippen LogP contribution >= 0.6 is 0 Å². The number of carbonyl (C=O) groups excluding carboxylic acids is 1. The third kappa shape index (κ3) is 2.88. The maximum atomic E-state index is 13.1. The Labute approximate surface area is 160 Å². The van der Waals surface area contributed by atoms with Crippen LogP contribution < -0.4 is 9.80 Å². The summed E-state index contributed by atoms with van der Waals surface area (Å²) in [5.41, 5.74) is 1.82. The second kappa shape index (κ2) is 6.65. The molecule has 1 aliphatic rings. The molecule has 6 nitrogen and oxygen atoms in total. The third-order valence-corrected chi connectivity index (χ3v) is 4.97. The number of hydrogen-bond donors (Lipinski definition) is 1. The van der Waals surface area contributed by atoms with E-state index >= 15 is 0 Å². The molecule has 4 aromatic rings. The van der Waals surface area contributed by atoms with Gasteiger partial charge in [-0.15, -0.1) is 0 Å². The average Bonchev–Trinajstić information content (AvgIpc) is 3.49. The molecule has 1 saturated carbocycles. The van der Waals surface area contributed by atoms with Crippen molar-refractivity contribution in [3.8, 4) is 5.75 Å². The number of aromatic nitrogens is 1. The molecule has 2 heterocycles. The number of nitrogens with zero attached hydrogens (tertiary/aromatic N) is 2. The topological polar surface area (TPSA) is 75.8 Å². The van der Waals surface area contributed by atoms with Gasteiger partial charge in [-0.3, -0.25) is 15.0 Å². The Balaban J connectivity index is 1.64. The fraction of sp³-hybridized carbons (Fsp3) is 0.182. The van der Waals surface area contributed by atoms with Gasteiger partial charge in [0.25, 0.3) is 5.91 Å². The van der Waals surface area contributed by atoms with Gasteiger partial charge in [0, 0.05) is 17.0 Å². The second-order valence-electron chi connectivity index (χ2n) is 7.00. The van der Waals surface area contributed by atoms with Gasteiger partial charge in [0.1, 0.15) is 5.58 Å². The number of amides is 1. The minimum absolute atomic E-state index is 0.294. The predicted molar refractivity (Wildman–Crippen MR) is 105 cm³/mol. The number of anilines is 1. The molecule has 1 aliphatic carbocycles. The van der Waals surface area contributed by atoms with Gasteiger partial charge < -0.3 is 9.15 Å². The van der Waals surface area contributed by atoms with E-state index in [1.54, 1.807) is 30.5 Å². The zero-order valence-corrected chi connectivity index (χ0v) is 15.0. The molecule has 1 N–H and O–H groups in total. The highest BCUT2D eigenvalue weighted by atomic mass is 16.5. The van der Waals surface area contributed by atoms with E-state index in [1.807, 2.05) is 24.3 Å². The molecule has 0 saturated heterocycles. The van der Waals surface area contributed by atoms with Gasteiger partial charge in [0.05, 0.1) is 24.1 Å². The highest BCUT2D eigenvalue weighted by Crippen LogP contribution is 2.39. The van der Waals surface area contributed by atoms with Crippen molar-refractivity contribution < 1.29 is 19.2 Å². The summed E-state index contributed by atoms with van der Waals surface area (Å²) < 4.78 is 12.0. The van der Waals surface area contributed by atoms with Gasteiger partial charge in [0.15, 0.2) is 11.3 Å². The van der Waals surface area contributed by atoms with Gasteiger partial charge in [0.2, 0.25) is 0 Å². The van der Waals surface area contributed by atoms with Crippen LogP contribution in [0.25, 0.3) is 21.9 Å². The van der Waals surface area contributed by atoms with Gasteiger partial charge in [-0.25, -0.2) is 0 Å². The molecule has 1 amide bonds. The molecule has 0 spiro atoms. The molecular formula is C22H18N2O4. The Bertz CT molecular complexity index is 1170. The highest BCUT2D eigenvalue weighted by molar-refractivity contribution is 6.20. The first-order valence-electron chi connectivity index (χ1n) is 9.23. The van der Waals surface area contributed by atoms with E-state index in [2.05, 4.69) is 4.98 Å². The van der Waals surface area contributed by atoms with Crippen LogP contribution in [0.3, 0.4) is 0 Å². The number of ether oxygens (including phenoxy) is 1. The normalized spacial score (nSPS) is 13.8. The Morgan fingerprint density at radius 2 is 2.04 bits per heavy atom. The number of fused-ring (bicyclic) bond motifs is 3. The number of carbonyl (C=O) groups is 1. The molecule has 0 atom stereocenters. The van der Waals surface area contributed by atoms with Crippen molar-refractivity contribution in [1.82, 2.24) is 4.98 Å². The van der Waals surface area contributed by atoms with Crippen LogP contribution in [0.15, 0.2) is 65.3 Å². The quantitative estimate of drug-likeness (QED) is 0.401. The van der Waals surface area contributed by atoms with E-state index < -0.39 is 5.91 Å². The first-order chi connectivity index (χ1) is 13.7. The third-order valence-electron chi connectivity index (χ3n) is 4.97. The van der Waals surface area contributed by atoms with Crippen molar-refractivity contribution in [2.75, 3.05) is 11.7 Å². The van der Waals surface area contributed by atoms with Gasteiger partial charge >= 0.3 is 0 Å². The number of para-hydroxylation sites is 1. The smallest absolute Gasteiger partial charge is 0.282 e. The van der Waals surface area contributed by atoms with Crippen LogP contribution in [-0.4, -0.2) is 22.7 Å². The lowest BCUT2D eigenvalue weighted by Gasteiger charge is -2.15. The molecule has 5 rings (SSSR count). The van der Waals surface area contributed by atoms with E-state index in [-0.39, 0.29) is 0 Å². The molecule has 0 aliphatic heterocycles. The van der Waals surface area contributed by atoms with Crippen LogP contribution in [0, 0.1) is 5.92 Å². The van der Waals surface area contributed by atoms with E-state index in [9.17, 15) is 10.0 Å².